The molecule has 0 radical (unpaired) electrons. The van der Waals surface area contributed by atoms with Gasteiger partial charge in [-0.15, -0.1) is 0 Å². The van der Waals surface area contributed by atoms with Gasteiger partial charge in [0, 0.05) is 12.0 Å². The highest BCUT2D eigenvalue weighted by atomic mass is 19.1. The van der Waals surface area contributed by atoms with Gasteiger partial charge in [-0.05, 0) is 51.8 Å². The number of halogens is 1. The zero-order valence-corrected chi connectivity index (χ0v) is 14.3. The van der Waals surface area contributed by atoms with Crippen LogP contribution in [-0.2, 0) is 20.7 Å². The number of hydrogen-bond donors (Lipinski definition) is 2. The monoisotopic (exact) mass is 338 g/mol. The van der Waals surface area contributed by atoms with Crippen molar-refractivity contribution in [3.05, 3.63) is 35.6 Å². The first-order valence-electron chi connectivity index (χ1n) is 7.64. The average molecular weight is 338 g/mol. The Balaban J connectivity index is 2.38. The highest BCUT2D eigenvalue weighted by Crippen LogP contribution is 2.07. The third-order valence-corrected chi connectivity index (χ3v) is 2.93. The van der Waals surface area contributed by atoms with E-state index in [4.69, 9.17) is 4.74 Å². The Labute approximate surface area is 140 Å². The van der Waals surface area contributed by atoms with Crippen molar-refractivity contribution in [3.63, 3.8) is 0 Å². The van der Waals surface area contributed by atoms with E-state index in [2.05, 4.69) is 10.6 Å². The number of rotatable bonds is 5. The van der Waals surface area contributed by atoms with Gasteiger partial charge in [-0.1, -0.05) is 12.1 Å². The Morgan fingerprint density at radius 2 is 1.75 bits per heavy atom. The van der Waals surface area contributed by atoms with Gasteiger partial charge in [-0.3, -0.25) is 14.9 Å². The predicted molar refractivity (Wildman–Crippen MR) is 86.7 cm³/mol. The minimum absolute atomic E-state index is 0.0530. The van der Waals surface area contributed by atoms with Gasteiger partial charge < -0.3 is 10.1 Å². The van der Waals surface area contributed by atoms with Crippen molar-refractivity contribution < 1.29 is 23.5 Å². The second-order valence-corrected chi connectivity index (χ2v) is 6.45. The standard InChI is InChI=1S/C17H23FN2O4/c1-11(15(22)19-16(23)20-17(2,3)4)24-14(21)10-7-12-5-8-13(18)9-6-12/h5-6,8-9,11H,7,10H2,1-4H3,(H2,19,20,22,23)/t11-/m1/s1. The highest BCUT2D eigenvalue weighted by Gasteiger charge is 2.21. The summed E-state index contributed by atoms with van der Waals surface area (Å²) in [5, 5.41) is 4.68. The summed E-state index contributed by atoms with van der Waals surface area (Å²) in [5.74, 6) is -1.62. The van der Waals surface area contributed by atoms with E-state index in [1.165, 1.54) is 19.1 Å². The first-order chi connectivity index (χ1) is 11.1. The molecule has 0 aliphatic rings. The lowest BCUT2D eigenvalue weighted by Gasteiger charge is -2.21. The van der Waals surface area contributed by atoms with Crippen LogP contribution >= 0.6 is 0 Å². The number of esters is 1. The van der Waals surface area contributed by atoms with Crippen molar-refractivity contribution in [3.8, 4) is 0 Å². The number of carbonyl (C=O) groups excluding carboxylic acids is 3. The van der Waals surface area contributed by atoms with Gasteiger partial charge >= 0.3 is 12.0 Å². The number of urea groups is 1. The topological polar surface area (TPSA) is 84.5 Å². The Hall–Kier alpha value is -2.44. The van der Waals surface area contributed by atoms with Crippen LogP contribution in [-0.4, -0.2) is 29.6 Å². The summed E-state index contributed by atoms with van der Waals surface area (Å²) < 4.78 is 17.8. The summed E-state index contributed by atoms with van der Waals surface area (Å²) in [4.78, 5) is 35.1. The molecule has 0 saturated heterocycles. The average Bonchev–Trinajstić information content (AvgIpc) is 2.44. The minimum atomic E-state index is -1.09. The second kappa shape index (κ2) is 8.42. The predicted octanol–water partition coefficient (Wildman–Crippen LogP) is 2.31. The van der Waals surface area contributed by atoms with Gasteiger partial charge in [0.2, 0.25) is 0 Å². The number of imide groups is 1. The zero-order chi connectivity index (χ0) is 18.3. The maximum Gasteiger partial charge on any atom is 0.321 e. The molecule has 0 fully saturated rings. The second-order valence-electron chi connectivity index (χ2n) is 6.45. The number of nitrogens with one attached hydrogen (secondary N) is 2. The van der Waals surface area contributed by atoms with E-state index in [0.29, 0.717) is 6.42 Å². The van der Waals surface area contributed by atoms with E-state index < -0.39 is 29.6 Å². The Morgan fingerprint density at radius 1 is 1.17 bits per heavy atom. The molecule has 0 spiro atoms. The summed E-state index contributed by atoms with van der Waals surface area (Å²) in [6.45, 7) is 6.71. The highest BCUT2D eigenvalue weighted by molar-refractivity contribution is 5.97. The van der Waals surface area contributed by atoms with Gasteiger partial charge in [-0.25, -0.2) is 9.18 Å². The summed E-state index contributed by atoms with van der Waals surface area (Å²) in [5.41, 5.74) is 0.300. The van der Waals surface area contributed by atoms with Crippen LogP contribution in [0.4, 0.5) is 9.18 Å². The van der Waals surface area contributed by atoms with Crippen LogP contribution in [0.3, 0.4) is 0 Å². The van der Waals surface area contributed by atoms with Crippen molar-refractivity contribution in [1.82, 2.24) is 10.6 Å². The van der Waals surface area contributed by atoms with Crippen molar-refractivity contribution in [2.24, 2.45) is 0 Å². The summed E-state index contributed by atoms with van der Waals surface area (Å²) in [7, 11) is 0. The van der Waals surface area contributed by atoms with Crippen LogP contribution in [0.15, 0.2) is 24.3 Å². The maximum atomic E-state index is 12.8. The van der Waals surface area contributed by atoms with Crippen LogP contribution in [0.5, 0.6) is 0 Å². The lowest BCUT2D eigenvalue weighted by molar-refractivity contribution is -0.154. The lowest BCUT2D eigenvalue weighted by Crippen LogP contribution is -2.50. The van der Waals surface area contributed by atoms with E-state index in [0.717, 1.165) is 5.56 Å². The molecule has 0 aliphatic carbocycles. The summed E-state index contributed by atoms with van der Waals surface area (Å²) in [6.07, 6.45) is -0.661. The normalized spacial score (nSPS) is 12.2. The van der Waals surface area contributed by atoms with Crippen molar-refractivity contribution in [2.75, 3.05) is 0 Å². The maximum absolute atomic E-state index is 12.8. The molecule has 1 aromatic carbocycles. The molecular formula is C17H23FN2O4. The minimum Gasteiger partial charge on any atom is -0.453 e. The number of aryl methyl sites for hydroxylation is 1. The fraction of sp³-hybridized carbons (Fsp3) is 0.471. The summed E-state index contributed by atoms with van der Waals surface area (Å²) in [6, 6.07) is 5.13. The molecule has 132 valence electrons. The number of hydrogen-bond acceptors (Lipinski definition) is 4. The molecule has 2 N–H and O–H groups in total. The van der Waals surface area contributed by atoms with Crippen molar-refractivity contribution >= 4 is 17.9 Å². The first-order valence-corrected chi connectivity index (χ1v) is 7.64. The first kappa shape index (κ1) is 19.6. The number of amides is 3. The molecule has 7 heteroatoms. The quantitative estimate of drug-likeness (QED) is 0.807. The Kier molecular flexibility index (Phi) is 6.88. The number of ether oxygens (including phenoxy) is 1. The van der Waals surface area contributed by atoms with Gasteiger partial charge in [0.25, 0.3) is 5.91 Å². The van der Waals surface area contributed by atoms with E-state index in [1.807, 2.05) is 0 Å². The third-order valence-electron chi connectivity index (χ3n) is 2.93. The van der Waals surface area contributed by atoms with Gasteiger partial charge in [0.15, 0.2) is 6.10 Å². The Bertz CT molecular complexity index is 594. The summed E-state index contributed by atoms with van der Waals surface area (Å²) >= 11 is 0. The van der Waals surface area contributed by atoms with Gasteiger partial charge in [0.1, 0.15) is 5.82 Å². The van der Waals surface area contributed by atoms with E-state index >= 15 is 0 Å². The number of carbonyl (C=O) groups is 3. The fourth-order valence-electron chi connectivity index (χ4n) is 1.79. The SMILES string of the molecule is C[C@@H](OC(=O)CCc1ccc(F)cc1)C(=O)NC(=O)NC(C)(C)C. The van der Waals surface area contributed by atoms with Crippen molar-refractivity contribution in [2.45, 2.75) is 52.2 Å². The van der Waals surface area contributed by atoms with E-state index in [9.17, 15) is 18.8 Å². The molecular weight excluding hydrogens is 315 g/mol. The third kappa shape index (κ3) is 7.71. The molecule has 0 aliphatic heterocycles. The smallest absolute Gasteiger partial charge is 0.321 e. The molecule has 0 bridgehead atoms. The van der Waals surface area contributed by atoms with Crippen molar-refractivity contribution in [1.29, 1.82) is 0 Å². The molecule has 24 heavy (non-hydrogen) atoms. The largest absolute Gasteiger partial charge is 0.453 e. The van der Waals surface area contributed by atoms with Crippen LogP contribution in [0.1, 0.15) is 39.7 Å². The van der Waals surface area contributed by atoms with Crippen LogP contribution in [0.2, 0.25) is 0 Å². The lowest BCUT2D eigenvalue weighted by atomic mass is 10.1. The van der Waals surface area contributed by atoms with Crippen LogP contribution < -0.4 is 10.6 Å². The zero-order valence-electron chi connectivity index (χ0n) is 14.3. The van der Waals surface area contributed by atoms with Crippen LogP contribution in [0, 0.1) is 5.82 Å². The van der Waals surface area contributed by atoms with Crippen LogP contribution in [0.25, 0.3) is 0 Å². The Morgan fingerprint density at radius 3 is 2.29 bits per heavy atom. The number of benzene rings is 1. The molecule has 0 unspecified atom stereocenters. The molecule has 0 heterocycles. The molecule has 0 aromatic heterocycles. The molecule has 0 saturated carbocycles. The molecule has 1 rings (SSSR count). The molecule has 6 nitrogen and oxygen atoms in total. The van der Waals surface area contributed by atoms with Gasteiger partial charge in [0.05, 0.1) is 0 Å². The molecule has 1 aromatic rings. The van der Waals surface area contributed by atoms with Gasteiger partial charge in [-0.2, -0.15) is 0 Å². The molecule has 1 atom stereocenters. The van der Waals surface area contributed by atoms with E-state index in [-0.39, 0.29) is 12.2 Å². The fourth-order valence-corrected chi connectivity index (χ4v) is 1.79. The molecule has 3 amide bonds. The van der Waals surface area contributed by atoms with E-state index in [1.54, 1.807) is 32.9 Å².